The maximum absolute atomic E-state index is 11.1. The first-order valence-corrected chi connectivity index (χ1v) is 6.01. The van der Waals surface area contributed by atoms with Crippen LogP contribution in [0.4, 0.5) is 0 Å². The zero-order chi connectivity index (χ0) is 14.5. The molecule has 0 aromatic heterocycles. The number of terminal acetylenes is 1. The fourth-order valence-electron chi connectivity index (χ4n) is 1.36. The lowest BCUT2D eigenvalue weighted by molar-refractivity contribution is -0.141. The number of hydrogen-bond donors (Lipinski definition) is 0. The molecule has 0 amide bonds. The van der Waals surface area contributed by atoms with Gasteiger partial charge < -0.3 is 14.2 Å². The van der Waals surface area contributed by atoms with E-state index in [1.54, 1.807) is 0 Å². The average molecular weight is 271 g/mol. The van der Waals surface area contributed by atoms with E-state index < -0.39 is 0 Å². The van der Waals surface area contributed by atoms with E-state index in [2.05, 4.69) is 15.4 Å². The molecule has 0 fully saturated rings. The van der Waals surface area contributed by atoms with E-state index in [9.17, 15) is 9.59 Å². The van der Waals surface area contributed by atoms with Crippen LogP contribution in [-0.4, -0.2) is 63.9 Å². The molecule has 19 heavy (non-hydrogen) atoms. The maximum atomic E-state index is 11.1. The molecule has 0 radical (unpaired) electrons. The molecule has 0 saturated carbocycles. The Kier molecular flexibility index (Phi) is 10.6. The molecule has 6 nitrogen and oxygen atoms in total. The molecule has 0 N–H and O–H groups in total. The first-order valence-electron chi connectivity index (χ1n) is 6.01. The number of ether oxygens (including phenoxy) is 3. The van der Waals surface area contributed by atoms with Crippen molar-refractivity contribution in [2.24, 2.45) is 0 Å². The predicted molar refractivity (Wildman–Crippen MR) is 69.4 cm³/mol. The fraction of sp³-hybridized carbons (Fsp3) is 0.692. The van der Waals surface area contributed by atoms with Gasteiger partial charge in [0.1, 0.15) is 6.61 Å². The first kappa shape index (κ1) is 17.4. The largest absolute Gasteiger partial charge is 0.469 e. The second kappa shape index (κ2) is 11.5. The van der Waals surface area contributed by atoms with E-state index in [1.165, 1.54) is 14.2 Å². The van der Waals surface area contributed by atoms with Crippen molar-refractivity contribution in [3.05, 3.63) is 0 Å². The van der Waals surface area contributed by atoms with Gasteiger partial charge in [-0.25, -0.2) is 0 Å². The zero-order valence-electron chi connectivity index (χ0n) is 11.5. The van der Waals surface area contributed by atoms with Crippen molar-refractivity contribution in [3.8, 4) is 12.3 Å². The van der Waals surface area contributed by atoms with Crippen molar-refractivity contribution in [2.75, 3.05) is 47.1 Å². The molecule has 0 aromatic rings. The molecule has 0 atom stereocenters. The van der Waals surface area contributed by atoms with Crippen molar-refractivity contribution in [1.82, 2.24) is 4.90 Å². The Hall–Kier alpha value is -1.58. The highest BCUT2D eigenvalue weighted by Gasteiger charge is 2.10. The van der Waals surface area contributed by atoms with Crippen LogP contribution in [0.25, 0.3) is 0 Å². The smallest absolute Gasteiger partial charge is 0.306 e. The number of hydrogen-bond acceptors (Lipinski definition) is 6. The molecule has 6 heteroatoms. The van der Waals surface area contributed by atoms with Crippen LogP contribution in [0.3, 0.4) is 0 Å². The van der Waals surface area contributed by atoms with E-state index >= 15 is 0 Å². The van der Waals surface area contributed by atoms with Gasteiger partial charge in [0.15, 0.2) is 0 Å². The molecule has 0 spiro atoms. The van der Waals surface area contributed by atoms with E-state index in [0.29, 0.717) is 26.2 Å². The van der Waals surface area contributed by atoms with Crippen LogP contribution < -0.4 is 0 Å². The van der Waals surface area contributed by atoms with Crippen LogP contribution in [-0.2, 0) is 23.8 Å². The standard InChI is InChI=1S/C13H21NO5/c1-4-10-19-11-9-14(7-5-12(15)17-2)8-6-13(16)18-3/h1H,5-11H2,2-3H3. The minimum Gasteiger partial charge on any atom is -0.469 e. The van der Waals surface area contributed by atoms with Gasteiger partial charge in [-0.3, -0.25) is 14.5 Å². The molecule has 0 saturated heterocycles. The van der Waals surface area contributed by atoms with Gasteiger partial charge in [-0.05, 0) is 0 Å². The number of esters is 2. The Labute approximate surface area is 114 Å². The highest BCUT2D eigenvalue weighted by molar-refractivity contribution is 5.70. The average Bonchev–Trinajstić information content (AvgIpc) is 2.44. The Morgan fingerprint density at radius 1 is 1.05 bits per heavy atom. The second-order valence-corrected chi connectivity index (χ2v) is 3.75. The quantitative estimate of drug-likeness (QED) is 0.318. The Balaban J connectivity index is 4.02. The molecule has 0 aromatic carbocycles. The van der Waals surface area contributed by atoms with Crippen LogP contribution in [0.5, 0.6) is 0 Å². The van der Waals surface area contributed by atoms with E-state index in [0.717, 1.165) is 0 Å². The van der Waals surface area contributed by atoms with Crippen molar-refractivity contribution < 1.29 is 23.8 Å². The number of nitrogens with zero attached hydrogens (tertiary/aromatic N) is 1. The summed E-state index contributed by atoms with van der Waals surface area (Å²) in [5.74, 6) is 1.80. The Morgan fingerprint density at radius 2 is 1.58 bits per heavy atom. The molecule has 108 valence electrons. The lowest BCUT2D eigenvalue weighted by Crippen LogP contribution is -2.32. The molecule has 0 rings (SSSR count). The SMILES string of the molecule is C#CCOCCN(CCC(=O)OC)CCC(=O)OC. The predicted octanol–water partition coefficient (Wildman–Crippen LogP) is 0.0644. The molecule has 0 aliphatic heterocycles. The maximum Gasteiger partial charge on any atom is 0.306 e. The van der Waals surface area contributed by atoms with Crippen LogP contribution >= 0.6 is 0 Å². The summed E-state index contributed by atoms with van der Waals surface area (Å²) in [6.45, 7) is 2.30. The van der Waals surface area contributed by atoms with Crippen molar-refractivity contribution in [2.45, 2.75) is 12.8 Å². The summed E-state index contributed by atoms with van der Waals surface area (Å²) < 4.78 is 14.3. The van der Waals surface area contributed by atoms with Crippen LogP contribution in [0.1, 0.15) is 12.8 Å². The number of rotatable bonds is 10. The highest BCUT2D eigenvalue weighted by Crippen LogP contribution is 1.97. The zero-order valence-corrected chi connectivity index (χ0v) is 11.5. The van der Waals surface area contributed by atoms with E-state index in [-0.39, 0.29) is 31.4 Å². The van der Waals surface area contributed by atoms with E-state index in [1.807, 2.05) is 4.90 Å². The molecule has 0 heterocycles. The van der Waals surface area contributed by atoms with Gasteiger partial charge in [0.2, 0.25) is 0 Å². The van der Waals surface area contributed by atoms with Crippen LogP contribution in [0.2, 0.25) is 0 Å². The minimum absolute atomic E-state index is 0.252. The van der Waals surface area contributed by atoms with Gasteiger partial charge in [0, 0.05) is 19.6 Å². The van der Waals surface area contributed by atoms with Gasteiger partial charge >= 0.3 is 11.9 Å². The summed E-state index contributed by atoms with van der Waals surface area (Å²) in [5.41, 5.74) is 0. The summed E-state index contributed by atoms with van der Waals surface area (Å²) in [6.07, 6.45) is 5.61. The molecule has 0 bridgehead atoms. The third-order valence-electron chi connectivity index (χ3n) is 2.46. The fourth-order valence-corrected chi connectivity index (χ4v) is 1.36. The lowest BCUT2D eigenvalue weighted by Gasteiger charge is -2.20. The van der Waals surface area contributed by atoms with Gasteiger partial charge in [-0.15, -0.1) is 6.42 Å². The van der Waals surface area contributed by atoms with Gasteiger partial charge in [-0.2, -0.15) is 0 Å². The van der Waals surface area contributed by atoms with E-state index in [4.69, 9.17) is 11.2 Å². The number of carbonyl (C=O) groups is 2. The minimum atomic E-state index is -0.285. The monoisotopic (exact) mass is 271 g/mol. The third-order valence-corrected chi connectivity index (χ3v) is 2.46. The number of methoxy groups -OCH3 is 2. The first-order chi connectivity index (χ1) is 9.13. The van der Waals surface area contributed by atoms with Gasteiger partial charge in [0.25, 0.3) is 0 Å². The van der Waals surface area contributed by atoms with Crippen molar-refractivity contribution in [1.29, 1.82) is 0 Å². The number of carbonyl (C=O) groups excluding carboxylic acids is 2. The van der Waals surface area contributed by atoms with Crippen LogP contribution in [0, 0.1) is 12.3 Å². The molecule has 0 aliphatic carbocycles. The molecule has 0 unspecified atom stereocenters. The highest BCUT2D eigenvalue weighted by atomic mass is 16.5. The van der Waals surface area contributed by atoms with Gasteiger partial charge in [-0.1, -0.05) is 5.92 Å². The summed E-state index contributed by atoms with van der Waals surface area (Å²) in [7, 11) is 2.69. The normalized spacial score (nSPS) is 10.0. The Morgan fingerprint density at radius 3 is 2.00 bits per heavy atom. The van der Waals surface area contributed by atoms with Gasteiger partial charge in [0.05, 0.1) is 33.7 Å². The van der Waals surface area contributed by atoms with Crippen LogP contribution in [0.15, 0.2) is 0 Å². The molecular weight excluding hydrogens is 250 g/mol. The second-order valence-electron chi connectivity index (χ2n) is 3.75. The Bertz CT molecular complexity index is 291. The summed E-state index contributed by atoms with van der Waals surface area (Å²) in [4.78, 5) is 24.1. The third kappa shape index (κ3) is 10.1. The summed E-state index contributed by atoms with van der Waals surface area (Å²) >= 11 is 0. The lowest BCUT2D eigenvalue weighted by atomic mass is 10.3. The van der Waals surface area contributed by atoms with Crippen molar-refractivity contribution in [3.63, 3.8) is 0 Å². The molecular formula is C13H21NO5. The summed E-state index contributed by atoms with van der Waals surface area (Å²) in [5, 5.41) is 0. The topological polar surface area (TPSA) is 65.1 Å². The summed E-state index contributed by atoms with van der Waals surface area (Å²) in [6, 6.07) is 0. The van der Waals surface area contributed by atoms with Crippen molar-refractivity contribution >= 4 is 11.9 Å². The molecule has 0 aliphatic rings.